The summed E-state index contributed by atoms with van der Waals surface area (Å²) in [6, 6.07) is 71.1. The third-order valence-corrected chi connectivity index (χ3v) is 20.1. The highest BCUT2D eigenvalue weighted by atomic mass is 16.6. The number of anilines is 7. The topological polar surface area (TPSA) is 205 Å². The fraction of sp³-hybridized carbons (Fsp3) is 0.0909. The molecule has 0 fully saturated rings. The molecule has 1 unspecified atom stereocenters. The molecule has 8 amide bonds. The van der Waals surface area contributed by atoms with Gasteiger partial charge in [0, 0.05) is 83.1 Å². The van der Waals surface area contributed by atoms with Crippen LogP contribution in [-0.2, 0) is 21.4 Å². The molecule has 0 saturated heterocycles. The number of nitrogens with zero attached hydrogens (tertiary/aromatic N) is 5. The van der Waals surface area contributed by atoms with Gasteiger partial charge in [-0.25, -0.2) is 19.6 Å². The van der Waals surface area contributed by atoms with Gasteiger partial charge in [-0.05, 0) is 228 Å². The van der Waals surface area contributed by atoms with Crippen LogP contribution in [0.4, 0.5) is 39.8 Å². The summed E-state index contributed by atoms with van der Waals surface area (Å²) >= 11 is 0. The first kappa shape index (κ1) is 64.6. The molecule has 4 heterocycles. The van der Waals surface area contributed by atoms with Crippen molar-refractivity contribution < 1.29 is 57.4 Å². The molecule has 0 bridgehead atoms. The van der Waals surface area contributed by atoms with Crippen LogP contribution in [0.5, 0.6) is 11.5 Å². The molecule has 508 valence electrons. The molecule has 0 aliphatic carbocycles. The van der Waals surface area contributed by atoms with Gasteiger partial charge in [0.2, 0.25) is 0 Å². The van der Waals surface area contributed by atoms with Gasteiger partial charge in [0.05, 0.1) is 22.7 Å². The van der Waals surface area contributed by atoms with E-state index in [-0.39, 0.29) is 101 Å². The van der Waals surface area contributed by atoms with Crippen molar-refractivity contribution in [2.24, 2.45) is 5.92 Å². The summed E-state index contributed by atoms with van der Waals surface area (Å²) in [5.41, 5.74) is 8.05. The van der Waals surface area contributed by atoms with E-state index in [1.165, 1.54) is 97.1 Å². The van der Waals surface area contributed by atoms with Crippen molar-refractivity contribution in [3.05, 3.63) is 315 Å². The van der Waals surface area contributed by atoms with E-state index in [4.69, 9.17) is 9.47 Å². The van der Waals surface area contributed by atoms with Crippen LogP contribution in [0.2, 0.25) is 0 Å². The highest BCUT2D eigenvalue weighted by Crippen LogP contribution is 2.45. The van der Waals surface area contributed by atoms with Crippen LogP contribution >= 0.6 is 0 Å². The van der Waals surface area contributed by atoms with Gasteiger partial charge in [0.25, 0.3) is 47.3 Å². The summed E-state index contributed by atoms with van der Waals surface area (Å²) in [7, 11) is 0. The Morgan fingerprint density at radius 2 is 0.629 bits per heavy atom. The van der Waals surface area contributed by atoms with Gasteiger partial charge in [0.15, 0.2) is 5.92 Å². The third-order valence-electron chi connectivity index (χ3n) is 20.1. The third kappa shape index (κ3) is 10.7. The number of rotatable bonds is 13. The molecular formula is C88H59N5O12. The average Bonchev–Trinajstić information content (AvgIpc) is 0.712. The zero-order valence-corrected chi connectivity index (χ0v) is 57.1. The Hall–Kier alpha value is -13.8. The van der Waals surface area contributed by atoms with Gasteiger partial charge in [-0.15, -0.1) is 0 Å². The largest absolute Gasteiger partial charge is 0.426 e. The number of imide groups is 4. The van der Waals surface area contributed by atoms with E-state index in [1.807, 2.05) is 129 Å². The lowest BCUT2D eigenvalue weighted by Crippen LogP contribution is -2.43. The zero-order valence-electron chi connectivity index (χ0n) is 57.1. The van der Waals surface area contributed by atoms with E-state index >= 15 is 0 Å². The Labute approximate surface area is 600 Å². The van der Waals surface area contributed by atoms with Crippen molar-refractivity contribution in [2.45, 2.75) is 46.5 Å². The number of fused-ring (bicyclic) bond motifs is 2. The summed E-state index contributed by atoms with van der Waals surface area (Å²) in [5, 5.41) is 4.57. The van der Waals surface area contributed by atoms with Crippen molar-refractivity contribution in [2.75, 3.05) is 24.5 Å². The molecular weight excluding hydrogens is 1320 g/mol. The molecule has 4 aliphatic heterocycles. The van der Waals surface area contributed by atoms with E-state index in [1.54, 1.807) is 36.4 Å². The number of benzene rings is 13. The smallest absolute Gasteiger partial charge is 0.326 e. The monoisotopic (exact) mass is 1380 g/mol. The normalized spacial score (nSPS) is 14.3. The van der Waals surface area contributed by atoms with Crippen molar-refractivity contribution in [1.82, 2.24) is 0 Å². The van der Waals surface area contributed by atoms with Crippen molar-refractivity contribution in [1.29, 1.82) is 0 Å². The first-order chi connectivity index (χ1) is 50.6. The molecule has 17 heteroatoms. The molecule has 1 atom stereocenters. The maximum absolute atomic E-state index is 14.7. The SMILES string of the molecule is Cc1ccc(N(c2ccc(C)cc2)c2ccc(CC(C(=O)Oc3ccc(N4C(=O)c5ccc6c7c(ccc(c57)C4=O)C(=O)N(c4ccc(C(C)(C)C)cc4)C6=O)cc3)C(=O)Oc3ccc(N4C(=O)c5ccc6c7c(ccc(c57)C4=O)C(=O)N(c4ccc5cc7ccccc7cc5c4)C6=O)cc3)cc2)cc1. The number of carbonyl (C=O) groups excluding carboxylic acids is 10. The van der Waals surface area contributed by atoms with Crippen LogP contribution in [0, 0.1) is 19.8 Å². The molecule has 13 aromatic rings. The van der Waals surface area contributed by atoms with Crippen LogP contribution in [0.25, 0.3) is 43.1 Å². The van der Waals surface area contributed by atoms with Gasteiger partial charge in [-0.3, -0.25) is 47.9 Å². The first-order valence-electron chi connectivity index (χ1n) is 34.1. The predicted octanol–water partition coefficient (Wildman–Crippen LogP) is 17.3. The summed E-state index contributed by atoms with van der Waals surface area (Å²) in [6.45, 7) is 10.2. The van der Waals surface area contributed by atoms with Crippen LogP contribution < -0.4 is 34.0 Å². The number of aryl methyl sites for hydroxylation is 2. The van der Waals surface area contributed by atoms with Gasteiger partial charge in [-0.2, -0.15) is 0 Å². The fourth-order valence-electron chi connectivity index (χ4n) is 14.7. The standard InChI is InChI=1S/C88H59N5O12/c1-48-10-19-56(20-11-48)89(57-21-12-49(2)13-22-57)58-23-14-50(15-24-58)44-73(86(102)104-63-32-28-60(29-33-63)91-80(96)67-38-36-65-74-66(37-39-68(75(67)74)81(91)97)79(95)90(78(65)94)59-26-17-55(18-27-59)88(3,4)5)87(103)105-64-34-30-61(31-35-64)92-82(98)69-40-42-71-77-72(43-41-70(76(69)77)83(92)99)85(101)93(84(71)100)62-25-16-53-45-51-8-6-7-9-52(51)46-54(53)47-62/h6-43,45-47,73H,44H2,1-5H3. The molecule has 4 aliphatic rings. The lowest BCUT2D eigenvalue weighted by atomic mass is 9.85. The zero-order chi connectivity index (χ0) is 72.6. The van der Waals surface area contributed by atoms with Gasteiger partial charge >= 0.3 is 11.9 Å². The first-order valence-corrected chi connectivity index (χ1v) is 34.1. The molecule has 0 aromatic heterocycles. The van der Waals surface area contributed by atoms with E-state index in [2.05, 4.69) is 25.7 Å². The minimum absolute atomic E-state index is 0.0496. The number of hydrogen-bond donors (Lipinski definition) is 0. The summed E-state index contributed by atoms with van der Waals surface area (Å²) in [6.07, 6.45) is -0.213. The maximum Gasteiger partial charge on any atom is 0.326 e. The molecule has 0 spiro atoms. The average molecular weight is 1380 g/mol. The molecule has 0 N–H and O–H groups in total. The number of carbonyl (C=O) groups is 10. The van der Waals surface area contributed by atoms with Crippen LogP contribution in [0.1, 0.15) is 126 Å². The van der Waals surface area contributed by atoms with Crippen molar-refractivity contribution in [3.63, 3.8) is 0 Å². The Bertz CT molecular complexity index is 5860. The summed E-state index contributed by atoms with van der Waals surface area (Å²) in [5.74, 6) is -9.06. The lowest BCUT2D eigenvalue weighted by molar-refractivity contribution is -0.151. The van der Waals surface area contributed by atoms with Crippen molar-refractivity contribution in [3.8, 4) is 11.5 Å². The van der Waals surface area contributed by atoms with Gasteiger partial charge in [0.1, 0.15) is 11.5 Å². The molecule has 0 radical (unpaired) electrons. The van der Waals surface area contributed by atoms with Gasteiger partial charge in [-0.1, -0.05) is 111 Å². The Kier molecular flexibility index (Phi) is 15.1. The van der Waals surface area contributed by atoms with E-state index in [9.17, 15) is 47.9 Å². The second kappa shape index (κ2) is 24.5. The van der Waals surface area contributed by atoms with E-state index in [0.29, 0.717) is 16.9 Å². The highest BCUT2D eigenvalue weighted by Gasteiger charge is 2.44. The van der Waals surface area contributed by atoms with Crippen molar-refractivity contribution >= 4 is 142 Å². The molecule has 17 rings (SSSR count). The Morgan fingerprint density at radius 3 is 0.971 bits per heavy atom. The number of hydrogen-bond acceptors (Lipinski definition) is 13. The van der Waals surface area contributed by atoms with Crippen LogP contribution in [-0.4, -0.2) is 59.2 Å². The molecule has 17 nitrogen and oxygen atoms in total. The maximum atomic E-state index is 14.7. The Morgan fingerprint density at radius 1 is 0.333 bits per heavy atom. The fourth-order valence-corrected chi connectivity index (χ4v) is 14.7. The van der Waals surface area contributed by atoms with Crippen LogP contribution in [0.3, 0.4) is 0 Å². The number of esters is 2. The number of ether oxygens (including phenoxy) is 2. The quantitative estimate of drug-likeness (QED) is 0.0347. The van der Waals surface area contributed by atoms with E-state index in [0.717, 1.165) is 74.9 Å². The second-order valence-corrected chi connectivity index (χ2v) is 27.7. The lowest BCUT2D eigenvalue weighted by Gasteiger charge is -2.32. The van der Waals surface area contributed by atoms with Gasteiger partial charge < -0.3 is 14.4 Å². The molecule has 105 heavy (non-hydrogen) atoms. The highest BCUT2D eigenvalue weighted by molar-refractivity contribution is 6.44. The minimum atomic E-state index is -1.62. The van der Waals surface area contributed by atoms with E-state index < -0.39 is 65.1 Å². The molecule has 13 aromatic carbocycles. The number of amides is 8. The summed E-state index contributed by atoms with van der Waals surface area (Å²) < 4.78 is 11.9. The Balaban J connectivity index is 0.633. The molecule has 0 saturated carbocycles. The van der Waals surface area contributed by atoms with Crippen LogP contribution in [0.15, 0.2) is 249 Å². The minimum Gasteiger partial charge on any atom is -0.426 e. The summed E-state index contributed by atoms with van der Waals surface area (Å²) in [4.78, 5) is 152. The predicted molar refractivity (Wildman–Crippen MR) is 401 cm³/mol. The second-order valence-electron chi connectivity index (χ2n) is 27.7.